The van der Waals surface area contributed by atoms with Crippen LogP contribution in [0.4, 0.5) is 18.9 Å². The number of halogens is 3. The molecule has 0 amide bonds. The average Bonchev–Trinajstić information content (AvgIpc) is 2.98. The number of thioether (sulfide) groups is 1. The number of anilines is 1. The normalized spacial score (nSPS) is 16.2. The Morgan fingerprint density at radius 3 is 2.31 bits per heavy atom. The first-order chi connectivity index (χ1) is 7.53. The van der Waals surface area contributed by atoms with Crippen molar-refractivity contribution in [3.8, 4) is 0 Å². The molecule has 0 bridgehead atoms. The molecule has 1 nitrogen and oxygen atoms in total. The Labute approximate surface area is 96.4 Å². The van der Waals surface area contributed by atoms with Gasteiger partial charge in [-0.3, -0.25) is 0 Å². The number of alkyl halides is 3. The Balaban J connectivity index is 1.87. The van der Waals surface area contributed by atoms with Gasteiger partial charge in [0.1, 0.15) is 0 Å². The van der Waals surface area contributed by atoms with E-state index in [9.17, 15) is 13.2 Å². The summed E-state index contributed by atoms with van der Waals surface area (Å²) in [6.07, 6.45) is 2.52. The van der Waals surface area contributed by atoms with Crippen LogP contribution in [0.15, 0.2) is 29.2 Å². The molecule has 1 saturated carbocycles. The molecular weight excluding hydrogens is 235 g/mol. The summed E-state index contributed by atoms with van der Waals surface area (Å²) in [6, 6.07) is 6.37. The summed E-state index contributed by atoms with van der Waals surface area (Å²) in [4.78, 5) is 0.226. The van der Waals surface area contributed by atoms with Crippen molar-refractivity contribution in [2.45, 2.75) is 23.2 Å². The SMILES string of the molecule is FC(F)(F)Sc1ccc(NCC2CC2)cc1. The lowest BCUT2D eigenvalue weighted by Crippen LogP contribution is -2.03. The van der Waals surface area contributed by atoms with Crippen LogP contribution in [0.1, 0.15) is 12.8 Å². The first-order valence-corrected chi connectivity index (χ1v) is 5.94. The topological polar surface area (TPSA) is 12.0 Å². The minimum absolute atomic E-state index is 0.0816. The summed E-state index contributed by atoms with van der Waals surface area (Å²) in [7, 11) is 0. The van der Waals surface area contributed by atoms with E-state index in [0.717, 1.165) is 18.2 Å². The Kier molecular flexibility index (Phi) is 3.33. The molecule has 0 heterocycles. The zero-order valence-electron chi connectivity index (χ0n) is 8.55. The second-order valence-corrected chi connectivity index (χ2v) is 5.03. The largest absolute Gasteiger partial charge is 0.446 e. The highest BCUT2D eigenvalue weighted by Crippen LogP contribution is 2.37. The van der Waals surface area contributed by atoms with Crippen LogP contribution in [0.2, 0.25) is 0 Å². The summed E-state index contributed by atoms with van der Waals surface area (Å²) < 4.78 is 36.2. The number of benzene rings is 1. The van der Waals surface area contributed by atoms with Crippen molar-refractivity contribution in [3.63, 3.8) is 0 Å². The van der Waals surface area contributed by atoms with Gasteiger partial charge in [-0.1, -0.05) is 0 Å². The van der Waals surface area contributed by atoms with E-state index in [1.54, 1.807) is 12.1 Å². The van der Waals surface area contributed by atoms with Crippen LogP contribution in [0.3, 0.4) is 0 Å². The lowest BCUT2D eigenvalue weighted by molar-refractivity contribution is -0.0328. The summed E-state index contributed by atoms with van der Waals surface area (Å²) in [5, 5.41) is 3.21. The van der Waals surface area contributed by atoms with Crippen molar-refractivity contribution in [2.75, 3.05) is 11.9 Å². The molecule has 0 aromatic heterocycles. The van der Waals surface area contributed by atoms with Crippen LogP contribution in [0, 0.1) is 5.92 Å². The van der Waals surface area contributed by atoms with Crippen molar-refractivity contribution in [2.24, 2.45) is 5.92 Å². The zero-order chi connectivity index (χ0) is 11.6. The fourth-order valence-corrected chi connectivity index (χ4v) is 1.90. The number of hydrogen-bond donors (Lipinski definition) is 1. The van der Waals surface area contributed by atoms with E-state index in [4.69, 9.17) is 0 Å². The molecule has 0 radical (unpaired) electrons. The lowest BCUT2D eigenvalue weighted by Gasteiger charge is -2.08. The van der Waals surface area contributed by atoms with Gasteiger partial charge >= 0.3 is 5.51 Å². The van der Waals surface area contributed by atoms with E-state index >= 15 is 0 Å². The Bertz CT molecular complexity index is 343. The predicted octanol–water partition coefficient (Wildman–Crippen LogP) is 4.12. The fourth-order valence-electron chi connectivity index (χ4n) is 1.36. The summed E-state index contributed by atoms with van der Waals surface area (Å²) in [5.74, 6) is 0.754. The number of rotatable bonds is 4. The molecule has 0 unspecified atom stereocenters. The molecule has 1 N–H and O–H groups in total. The van der Waals surface area contributed by atoms with E-state index in [0.29, 0.717) is 0 Å². The van der Waals surface area contributed by atoms with Gasteiger partial charge in [0.15, 0.2) is 0 Å². The molecule has 1 aromatic carbocycles. The highest BCUT2D eigenvalue weighted by molar-refractivity contribution is 8.00. The monoisotopic (exact) mass is 247 g/mol. The third-order valence-electron chi connectivity index (χ3n) is 2.38. The highest BCUT2D eigenvalue weighted by atomic mass is 32.2. The molecule has 0 spiro atoms. The zero-order valence-corrected chi connectivity index (χ0v) is 9.37. The molecule has 1 fully saturated rings. The maximum Gasteiger partial charge on any atom is 0.446 e. The van der Waals surface area contributed by atoms with Gasteiger partial charge in [-0.25, -0.2) is 0 Å². The molecule has 1 aromatic rings. The lowest BCUT2D eigenvalue weighted by atomic mass is 10.3. The maximum atomic E-state index is 12.1. The van der Waals surface area contributed by atoms with Gasteiger partial charge in [0, 0.05) is 17.1 Å². The maximum absolute atomic E-state index is 12.1. The van der Waals surface area contributed by atoms with Crippen LogP contribution < -0.4 is 5.32 Å². The Morgan fingerprint density at radius 2 is 1.81 bits per heavy atom. The predicted molar refractivity (Wildman–Crippen MR) is 59.6 cm³/mol. The minimum atomic E-state index is -4.21. The standard InChI is InChI=1S/C11H12F3NS/c12-11(13,14)16-10-5-3-9(4-6-10)15-7-8-1-2-8/h3-6,8,15H,1-2,7H2. The summed E-state index contributed by atoms with van der Waals surface area (Å²) in [6.45, 7) is 0.922. The van der Waals surface area contributed by atoms with Crippen molar-refractivity contribution in [1.29, 1.82) is 0 Å². The number of nitrogens with one attached hydrogen (secondary N) is 1. The van der Waals surface area contributed by atoms with Gasteiger partial charge in [0.05, 0.1) is 0 Å². The first kappa shape index (κ1) is 11.6. The van der Waals surface area contributed by atoms with Crippen LogP contribution in [0.25, 0.3) is 0 Å². The van der Waals surface area contributed by atoms with Crippen molar-refractivity contribution in [1.82, 2.24) is 0 Å². The van der Waals surface area contributed by atoms with Crippen LogP contribution in [0.5, 0.6) is 0 Å². The fraction of sp³-hybridized carbons (Fsp3) is 0.455. The van der Waals surface area contributed by atoms with Crippen molar-refractivity contribution < 1.29 is 13.2 Å². The molecule has 0 saturated heterocycles. The molecule has 0 aliphatic heterocycles. The molecule has 2 rings (SSSR count). The van der Waals surface area contributed by atoms with Crippen LogP contribution in [-0.4, -0.2) is 12.1 Å². The van der Waals surface area contributed by atoms with E-state index in [1.807, 2.05) is 0 Å². The van der Waals surface area contributed by atoms with E-state index in [-0.39, 0.29) is 16.7 Å². The van der Waals surface area contributed by atoms with Gasteiger partial charge in [-0.05, 0) is 54.8 Å². The second kappa shape index (κ2) is 4.57. The first-order valence-electron chi connectivity index (χ1n) is 5.12. The van der Waals surface area contributed by atoms with Crippen LogP contribution in [-0.2, 0) is 0 Å². The Hall–Kier alpha value is -0.840. The van der Waals surface area contributed by atoms with Gasteiger partial charge in [0.2, 0.25) is 0 Å². The summed E-state index contributed by atoms with van der Waals surface area (Å²) in [5.41, 5.74) is -3.32. The van der Waals surface area contributed by atoms with E-state index in [2.05, 4.69) is 5.32 Å². The van der Waals surface area contributed by atoms with Gasteiger partial charge in [0.25, 0.3) is 0 Å². The molecule has 16 heavy (non-hydrogen) atoms. The third kappa shape index (κ3) is 3.96. The molecule has 0 atom stereocenters. The molecule has 5 heteroatoms. The van der Waals surface area contributed by atoms with E-state index in [1.165, 1.54) is 25.0 Å². The molecule has 1 aliphatic carbocycles. The average molecular weight is 247 g/mol. The minimum Gasteiger partial charge on any atom is -0.385 e. The van der Waals surface area contributed by atoms with Crippen molar-refractivity contribution in [3.05, 3.63) is 24.3 Å². The van der Waals surface area contributed by atoms with E-state index < -0.39 is 5.51 Å². The van der Waals surface area contributed by atoms with Crippen molar-refractivity contribution >= 4 is 17.4 Å². The molecule has 88 valence electrons. The quantitative estimate of drug-likeness (QED) is 0.803. The number of hydrogen-bond acceptors (Lipinski definition) is 2. The van der Waals surface area contributed by atoms with Gasteiger partial charge < -0.3 is 5.32 Å². The highest BCUT2D eigenvalue weighted by Gasteiger charge is 2.29. The molecule has 1 aliphatic rings. The van der Waals surface area contributed by atoms with Gasteiger partial charge in [-0.2, -0.15) is 13.2 Å². The molecular formula is C11H12F3NS. The smallest absolute Gasteiger partial charge is 0.385 e. The Morgan fingerprint density at radius 1 is 1.19 bits per heavy atom. The van der Waals surface area contributed by atoms with Gasteiger partial charge in [-0.15, -0.1) is 0 Å². The van der Waals surface area contributed by atoms with Crippen LogP contribution >= 0.6 is 11.8 Å². The second-order valence-electron chi connectivity index (χ2n) is 3.90. The third-order valence-corrected chi connectivity index (χ3v) is 3.12. The summed E-state index contributed by atoms with van der Waals surface area (Å²) >= 11 is -0.0816.